The van der Waals surface area contributed by atoms with Gasteiger partial charge in [0.15, 0.2) is 10.9 Å². The van der Waals surface area contributed by atoms with Crippen molar-refractivity contribution in [3.05, 3.63) is 70.1 Å². The van der Waals surface area contributed by atoms with E-state index in [2.05, 4.69) is 9.97 Å². The molecule has 4 nitrogen and oxygen atoms in total. The van der Waals surface area contributed by atoms with E-state index in [1.165, 1.54) is 17.8 Å². The van der Waals surface area contributed by atoms with E-state index in [1.54, 1.807) is 0 Å². The number of fused-ring (bicyclic) bond motifs is 1. The van der Waals surface area contributed by atoms with E-state index in [9.17, 15) is 9.59 Å². The highest BCUT2D eigenvalue weighted by atomic mass is 32.2. The molecule has 1 N–H and O–H groups in total. The van der Waals surface area contributed by atoms with Crippen LogP contribution in [0.5, 0.6) is 0 Å². The van der Waals surface area contributed by atoms with Crippen molar-refractivity contribution in [1.82, 2.24) is 9.97 Å². The number of aromatic amines is 1. The summed E-state index contributed by atoms with van der Waals surface area (Å²) < 4.78 is 0. The minimum atomic E-state index is -0.186. The summed E-state index contributed by atoms with van der Waals surface area (Å²) in [4.78, 5) is 31.2. The number of rotatable bonds is 5. The van der Waals surface area contributed by atoms with Gasteiger partial charge in [-0.3, -0.25) is 9.59 Å². The molecule has 122 valence electrons. The Hall–Kier alpha value is -2.40. The average Bonchev–Trinajstić information content (AvgIpc) is 2.58. The highest BCUT2D eigenvalue weighted by Gasteiger charge is 2.10. The standard InChI is InChI=1S/C19H18N2O2S/c1-12(2)16-10-18(23)21-19(20-16)24-11-17(22)15-8-7-13-5-3-4-6-14(13)9-15/h3-10,12H,11H2,1-2H3,(H,20,21,23). The van der Waals surface area contributed by atoms with Crippen LogP contribution in [0.1, 0.15) is 35.8 Å². The molecule has 0 atom stereocenters. The third-order valence-corrected chi connectivity index (χ3v) is 4.62. The van der Waals surface area contributed by atoms with E-state index in [-0.39, 0.29) is 23.0 Å². The monoisotopic (exact) mass is 338 g/mol. The highest BCUT2D eigenvalue weighted by Crippen LogP contribution is 2.20. The fraction of sp³-hybridized carbons (Fsp3) is 0.211. The molecule has 5 heteroatoms. The van der Waals surface area contributed by atoms with Crippen molar-refractivity contribution in [2.24, 2.45) is 0 Å². The molecule has 0 radical (unpaired) electrons. The predicted molar refractivity (Wildman–Crippen MR) is 97.9 cm³/mol. The summed E-state index contributed by atoms with van der Waals surface area (Å²) in [6.07, 6.45) is 0. The van der Waals surface area contributed by atoms with Crippen molar-refractivity contribution < 1.29 is 4.79 Å². The SMILES string of the molecule is CC(C)c1cc(=O)[nH]c(SCC(=O)c2ccc3ccccc3c2)n1. The molecule has 0 unspecified atom stereocenters. The number of Topliss-reactive ketones (excluding diaryl/α,β-unsaturated/α-hetero) is 1. The Morgan fingerprint density at radius 3 is 2.62 bits per heavy atom. The summed E-state index contributed by atoms with van der Waals surface area (Å²) in [5.41, 5.74) is 1.22. The molecule has 0 aliphatic carbocycles. The van der Waals surface area contributed by atoms with Crippen LogP contribution in [0.3, 0.4) is 0 Å². The maximum absolute atomic E-state index is 12.4. The van der Waals surface area contributed by atoms with Crippen LogP contribution in [0.4, 0.5) is 0 Å². The van der Waals surface area contributed by atoms with Gasteiger partial charge in [0, 0.05) is 11.6 Å². The molecule has 0 aliphatic heterocycles. The maximum atomic E-state index is 12.4. The third-order valence-electron chi connectivity index (χ3n) is 3.74. The number of hydrogen-bond acceptors (Lipinski definition) is 4. The molecule has 0 saturated carbocycles. The first-order valence-electron chi connectivity index (χ1n) is 7.79. The number of nitrogens with one attached hydrogen (secondary N) is 1. The number of aromatic nitrogens is 2. The first-order chi connectivity index (χ1) is 11.5. The van der Waals surface area contributed by atoms with E-state index < -0.39 is 0 Å². The molecule has 24 heavy (non-hydrogen) atoms. The molecule has 0 fully saturated rings. The van der Waals surface area contributed by atoms with Crippen LogP contribution < -0.4 is 5.56 Å². The number of benzene rings is 2. The van der Waals surface area contributed by atoms with Gasteiger partial charge in [0.2, 0.25) is 0 Å². The van der Waals surface area contributed by atoms with Gasteiger partial charge in [0.1, 0.15) is 0 Å². The Balaban J connectivity index is 1.76. The van der Waals surface area contributed by atoms with Crippen molar-refractivity contribution >= 4 is 28.3 Å². The van der Waals surface area contributed by atoms with E-state index in [0.717, 1.165) is 16.5 Å². The van der Waals surface area contributed by atoms with Gasteiger partial charge in [-0.15, -0.1) is 0 Å². The second-order valence-electron chi connectivity index (χ2n) is 5.90. The Morgan fingerprint density at radius 2 is 1.88 bits per heavy atom. The fourth-order valence-corrected chi connectivity index (χ4v) is 3.17. The normalized spacial score (nSPS) is 11.1. The number of carbonyl (C=O) groups is 1. The molecule has 0 aliphatic rings. The molecule has 0 saturated heterocycles. The molecule has 0 spiro atoms. The molecule has 3 aromatic rings. The molecule has 2 aromatic carbocycles. The molecule has 0 bridgehead atoms. The summed E-state index contributed by atoms with van der Waals surface area (Å²) in [6, 6.07) is 15.1. The lowest BCUT2D eigenvalue weighted by Gasteiger charge is -2.06. The lowest BCUT2D eigenvalue weighted by atomic mass is 10.1. The van der Waals surface area contributed by atoms with Gasteiger partial charge < -0.3 is 4.98 Å². The van der Waals surface area contributed by atoms with Gasteiger partial charge in [0.05, 0.1) is 11.4 Å². The first kappa shape index (κ1) is 16.5. The van der Waals surface area contributed by atoms with Gasteiger partial charge in [-0.25, -0.2) is 4.98 Å². The van der Waals surface area contributed by atoms with Crippen molar-refractivity contribution in [2.45, 2.75) is 24.9 Å². The van der Waals surface area contributed by atoms with Crippen molar-refractivity contribution in [3.63, 3.8) is 0 Å². The molecule has 1 aromatic heterocycles. The lowest BCUT2D eigenvalue weighted by molar-refractivity contribution is 0.102. The quantitative estimate of drug-likeness (QED) is 0.433. The zero-order chi connectivity index (χ0) is 17.1. The van der Waals surface area contributed by atoms with Crippen LogP contribution >= 0.6 is 11.8 Å². The van der Waals surface area contributed by atoms with Crippen LogP contribution in [-0.2, 0) is 0 Å². The van der Waals surface area contributed by atoms with Crippen LogP contribution in [0.15, 0.2) is 58.5 Å². The molecule has 1 heterocycles. The van der Waals surface area contributed by atoms with E-state index in [1.807, 2.05) is 56.3 Å². The summed E-state index contributed by atoms with van der Waals surface area (Å²) in [7, 11) is 0. The summed E-state index contributed by atoms with van der Waals surface area (Å²) in [5.74, 6) is 0.425. The minimum Gasteiger partial charge on any atom is -0.301 e. The minimum absolute atomic E-state index is 0.0170. The largest absolute Gasteiger partial charge is 0.301 e. The first-order valence-corrected chi connectivity index (χ1v) is 8.77. The molecule has 3 rings (SSSR count). The van der Waals surface area contributed by atoms with E-state index in [4.69, 9.17) is 0 Å². The van der Waals surface area contributed by atoms with Gasteiger partial charge in [-0.2, -0.15) is 0 Å². The lowest BCUT2D eigenvalue weighted by Crippen LogP contribution is -2.12. The Labute approximate surface area is 144 Å². The smallest absolute Gasteiger partial charge is 0.251 e. The average molecular weight is 338 g/mol. The number of ketones is 1. The zero-order valence-electron chi connectivity index (χ0n) is 13.6. The van der Waals surface area contributed by atoms with Crippen molar-refractivity contribution in [3.8, 4) is 0 Å². The molecular formula is C19H18N2O2S. The number of carbonyl (C=O) groups excluding carboxylic acids is 1. The van der Waals surface area contributed by atoms with Gasteiger partial charge in [-0.05, 0) is 22.8 Å². The highest BCUT2D eigenvalue weighted by molar-refractivity contribution is 7.99. The number of nitrogens with zero attached hydrogens (tertiary/aromatic N) is 1. The van der Waals surface area contributed by atoms with Crippen molar-refractivity contribution in [2.75, 3.05) is 5.75 Å². The van der Waals surface area contributed by atoms with Crippen LogP contribution in [0, 0.1) is 0 Å². The number of thioether (sulfide) groups is 1. The Morgan fingerprint density at radius 1 is 1.12 bits per heavy atom. The van der Waals surface area contributed by atoms with Crippen molar-refractivity contribution in [1.29, 1.82) is 0 Å². The second-order valence-corrected chi connectivity index (χ2v) is 6.87. The molecule has 0 amide bonds. The Bertz CT molecular complexity index is 947. The third kappa shape index (κ3) is 3.74. The van der Waals surface area contributed by atoms with Crippen LogP contribution in [0.2, 0.25) is 0 Å². The van der Waals surface area contributed by atoms with Gasteiger partial charge >= 0.3 is 0 Å². The van der Waals surface area contributed by atoms with E-state index in [0.29, 0.717) is 10.7 Å². The van der Waals surface area contributed by atoms with E-state index >= 15 is 0 Å². The molecular weight excluding hydrogens is 320 g/mol. The predicted octanol–water partition coefficient (Wildman–Crippen LogP) is 4.02. The fourth-order valence-electron chi connectivity index (χ4n) is 2.40. The number of hydrogen-bond donors (Lipinski definition) is 1. The summed E-state index contributed by atoms with van der Waals surface area (Å²) in [5, 5.41) is 2.64. The van der Waals surface area contributed by atoms with Crippen LogP contribution in [-0.4, -0.2) is 21.5 Å². The summed E-state index contributed by atoms with van der Waals surface area (Å²) >= 11 is 1.26. The topological polar surface area (TPSA) is 62.8 Å². The number of H-pyrrole nitrogens is 1. The van der Waals surface area contributed by atoms with Crippen LogP contribution in [0.25, 0.3) is 10.8 Å². The van der Waals surface area contributed by atoms with Gasteiger partial charge in [-0.1, -0.05) is 62.0 Å². The Kier molecular flexibility index (Phi) is 4.81. The zero-order valence-corrected chi connectivity index (χ0v) is 14.4. The second kappa shape index (κ2) is 7.01. The van der Waals surface area contributed by atoms with Gasteiger partial charge in [0.25, 0.3) is 5.56 Å². The summed E-state index contributed by atoms with van der Waals surface area (Å²) in [6.45, 7) is 3.97. The maximum Gasteiger partial charge on any atom is 0.251 e.